The van der Waals surface area contributed by atoms with Crippen LogP contribution in [0.3, 0.4) is 0 Å². The molecule has 2 atom stereocenters. The van der Waals surface area contributed by atoms with Crippen molar-refractivity contribution in [2.24, 2.45) is 0 Å². The summed E-state index contributed by atoms with van der Waals surface area (Å²) in [6.45, 7) is 0. The van der Waals surface area contributed by atoms with E-state index in [4.69, 9.17) is 11.6 Å². The molecule has 3 aromatic rings. The van der Waals surface area contributed by atoms with Crippen LogP contribution in [0.15, 0.2) is 60.9 Å². The molecule has 110 valence electrons. The number of hydrogen-bond acceptors (Lipinski definition) is 3. The number of benzene rings is 2. The standard InChI is InChI=1S/C17H15ClN4/c18-14-9-5-4-8-13(14)16-10-15(12-6-2-1-3-7-12)21-17-19-11-20-22(16)17/h1-9,11,15-16H,10H2,(H,19,20,21)/t15-,16+/m0/s1. The van der Waals surface area contributed by atoms with Gasteiger partial charge in [-0.2, -0.15) is 10.1 Å². The van der Waals surface area contributed by atoms with Crippen LogP contribution in [0.4, 0.5) is 5.95 Å². The first-order valence-electron chi connectivity index (χ1n) is 7.28. The Bertz CT molecular complexity index is 784. The van der Waals surface area contributed by atoms with E-state index < -0.39 is 0 Å². The van der Waals surface area contributed by atoms with Gasteiger partial charge < -0.3 is 5.32 Å². The van der Waals surface area contributed by atoms with E-state index in [-0.39, 0.29) is 12.1 Å². The minimum Gasteiger partial charge on any atom is -0.348 e. The lowest BCUT2D eigenvalue weighted by molar-refractivity contribution is 0.431. The zero-order valence-electron chi connectivity index (χ0n) is 11.9. The molecule has 4 rings (SSSR count). The van der Waals surface area contributed by atoms with Crippen LogP contribution in [0.25, 0.3) is 0 Å². The predicted molar refractivity (Wildman–Crippen MR) is 87.0 cm³/mol. The van der Waals surface area contributed by atoms with Gasteiger partial charge in [-0.3, -0.25) is 0 Å². The van der Waals surface area contributed by atoms with Crippen LogP contribution in [0, 0.1) is 0 Å². The topological polar surface area (TPSA) is 42.7 Å². The van der Waals surface area contributed by atoms with E-state index in [0.717, 1.165) is 23.0 Å². The van der Waals surface area contributed by atoms with Crippen LogP contribution in [-0.4, -0.2) is 14.8 Å². The zero-order valence-corrected chi connectivity index (χ0v) is 12.6. The van der Waals surface area contributed by atoms with E-state index in [1.165, 1.54) is 5.56 Å². The highest BCUT2D eigenvalue weighted by Gasteiger charge is 2.30. The van der Waals surface area contributed by atoms with Gasteiger partial charge in [0.05, 0.1) is 12.1 Å². The minimum absolute atomic E-state index is 0.0812. The van der Waals surface area contributed by atoms with Crippen molar-refractivity contribution in [2.45, 2.75) is 18.5 Å². The lowest BCUT2D eigenvalue weighted by Gasteiger charge is -2.32. The van der Waals surface area contributed by atoms with E-state index in [9.17, 15) is 0 Å². The third kappa shape index (κ3) is 2.25. The van der Waals surface area contributed by atoms with E-state index in [1.807, 2.05) is 28.9 Å². The molecular formula is C17H15ClN4. The molecule has 0 saturated heterocycles. The average molecular weight is 311 g/mol. The summed E-state index contributed by atoms with van der Waals surface area (Å²) in [5.74, 6) is 0.782. The van der Waals surface area contributed by atoms with Gasteiger partial charge in [0.15, 0.2) is 0 Å². The van der Waals surface area contributed by atoms with E-state index in [0.29, 0.717) is 0 Å². The van der Waals surface area contributed by atoms with Gasteiger partial charge in [-0.05, 0) is 23.6 Å². The number of hydrogen-bond donors (Lipinski definition) is 1. The van der Waals surface area contributed by atoms with Crippen LogP contribution in [0.5, 0.6) is 0 Å². The van der Waals surface area contributed by atoms with Crippen molar-refractivity contribution < 1.29 is 0 Å². The summed E-state index contributed by atoms with van der Waals surface area (Å²) in [7, 11) is 0. The number of aromatic nitrogens is 3. The molecular weight excluding hydrogens is 296 g/mol. The van der Waals surface area contributed by atoms with E-state index >= 15 is 0 Å². The number of rotatable bonds is 2. The normalized spacial score (nSPS) is 20.2. The van der Waals surface area contributed by atoms with Crippen LogP contribution in [0.2, 0.25) is 5.02 Å². The van der Waals surface area contributed by atoms with Gasteiger partial charge in [-0.15, -0.1) is 0 Å². The van der Waals surface area contributed by atoms with Crippen molar-refractivity contribution in [3.8, 4) is 0 Å². The van der Waals surface area contributed by atoms with Crippen molar-refractivity contribution in [1.29, 1.82) is 0 Å². The molecule has 2 aromatic carbocycles. The molecule has 0 amide bonds. The monoisotopic (exact) mass is 310 g/mol. The second-order valence-corrected chi connectivity index (χ2v) is 5.82. The molecule has 4 nitrogen and oxygen atoms in total. The number of fused-ring (bicyclic) bond motifs is 1. The molecule has 1 aliphatic heterocycles. The molecule has 0 saturated carbocycles. The molecule has 1 aromatic heterocycles. The Labute approximate surface area is 133 Å². The Morgan fingerprint density at radius 1 is 1.05 bits per heavy atom. The molecule has 1 aliphatic rings. The van der Waals surface area contributed by atoms with Crippen molar-refractivity contribution in [3.05, 3.63) is 77.1 Å². The molecule has 0 unspecified atom stereocenters. The summed E-state index contributed by atoms with van der Waals surface area (Å²) in [5, 5.41) is 8.59. The van der Waals surface area contributed by atoms with Crippen LogP contribution >= 0.6 is 11.6 Å². The maximum absolute atomic E-state index is 6.40. The van der Waals surface area contributed by atoms with Crippen LogP contribution in [-0.2, 0) is 0 Å². The molecule has 22 heavy (non-hydrogen) atoms. The maximum atomic E-state index is 6.40. The van der Waals surface area contributed by atoms with Gasteiger partial charge in [0.25, 0.3) is 0 Å². The lowest BCUT2D eigenvalue weighted by atomic mass is 9.93. The highest BCUT2D eigenvalue weighted by Crippen LogP contribution is 2.39. The molecule has 1 N–H and O–H groups in total. The van der Waals surface area contributed by atoms with Crippen molar-refractivity contribution in [3.63, 3.8) is 0 Å². The SMILES string of the molecule is Clc1ccccc1[C@H]1C[C@@H](c2ccccc2)Nc2ncnn21. The Morgan fingerprint density at radius 3 is 2.64 bits per heavy atom. The first kappa shape index (κ1) is 13.3. The molecule has 0 radical (unpaired) electrons. The second kappa shape index (κ2) is 5.46. The predicted octanol–water partition coefficient (Wildman–Crippen LogP) is 4.08. The Kier molecular flexibility index (Phi) is 3.31. The van der Waals surface area contributed by atoms with Crippen LogP contribution in [0.1, 0.15) is 29.6 Å². The van der Waals surface area contributed by atoms with E-state index in [2.05, 4.69) is 45.7 Å². The number of nitrogens with zero attached hydrogens (tertiary/aromatic N) is 3. The highest BCUT2D eigenvalue weighted by molar-refractivity contribution is 6.31. The van der Waals surface area contributed by atoms with Gasteiger partial charge in [-0.1, -0.05) is 60.1 Å². The van der Waals surface area contributed by atoms with Gasteiger partial charge in [0.2, 0.25) is 5.95 Å². The minimum atomic E-state index is 0.0812. The Morgan fingerprint density at radius 2 is 1.82 bits per heavy atom. The quantitative estimate of drug-likeness (QED) is 0.775. The van der Waals surface area contributed by atoms with E-state index in [1.54, 1.807) is 6.33 Å². The molecule has 0 spiro atoms. The third-order valence-electron chi connectivity index (χ3n) is 4.10. The van der Waals surface area contributed by atoms with Gasteiger partial charge in [-0.25, -0.2) is 4.68 Å². The average Bonchev–Trinajstić information content (AvgIpc) is 3.04. The first-order chi connectivity index (χ1) is 10.8. The van der Waals surface area contributed by atoms with Gasteiger partial charge in [0, 0.05) is 5.02 Å². The Balaban J connectivity index is 1.77. The molecule has 2 heterocycles. The molecule has 5 heteroatoms. The third-order valence-corrected chi connectivity index (χ3v) is 4.44. The summed E-state index contributed by atoms with van der Waals surface area (Å²) in [5.41, 5.74) is 2.33. The summed E-state index contributed by atoms with van der Waals surface area (Å²) in [6, 6.07) is 18.6. The van der Waals surface area contributed by atoms with Crippen molar-refractivity contribution in [2.75, 3.05) is 5.32 Å². The maximum Gasteiger partial charge on any atom is 0.222 e. The molecule has 0 aliphatic carbocycles. The van der Waals surface area contributed by atoms with Gasteiger partial charge >= 0.3 is 0 Å². The number of anilines is 1. The fourth-order valence-electron chi connectivity index (χ4n) is 3.03. The summed E-state index contributed by atoms with van der Waals surface area (Å²) in [6.07, 6.45) is 2.46. The number of nitrogens with one attached hydrogen (secondary N) is 1. The summed E-state index contributed by atoms with van der Waals surface area (Å²) >= 11 is 6.40. The zero-order chi connectivity index (χ0) is 14.9. The molecule has 0 bridgehead atoms. The fraction of sp³-hybridized carbons (Fsp3) is 0.176. The second-order valence-electron chi connectivity index (χ2n) is 5.41. The van der Waals surface area contributed by atoms with Crippen LogP contribution < -0.4 is 5.32 Å². The van der Waals surface area contributed by atoms with Gasteiger partial charge in [0.1, 0.15) is 6.33 Å². The van der Waals surface area contributed by atoms with Crippen molar-refractivity contribution >= 4 is 17.5 Å². The van der Waals surface area contributed by atoms with Crippen molar-refractivity contribution in [1.82, 2.24) is 14.8 Å². The Hall–Kier alpha value is -2.33. The smallest absolute Gasteiger partial charge is 0.222 e. The highest BCUT2D eigenvalue weighted by atomic mass is 35.5. The fourth-order valence-corrected chi connectivity index (χ4v) is 3.29. The summed E-state index contributed by atoms with van der Waals surface area (Å²) < 4.78 is 1.92. The molecule has 0 fully saturated rings. The number of halogens is 1. The lowest BCUT2D eigenvalue weighted by Crippen LogP contribution is -2.28. The largest absolute Gasteiger partial charge is 0.348 e. The summed E-state index contributed by atoms with van der Waals surface area (Å²) in [4.78, 5) is 4.34. The first-order valence-corrected chi connectivity index (χ1v) is 7.66.